The van der Waals surface area contributed by atoms with Gasteiger partial charge in [-0.3, -0.25) is 4.39 Å². The summed E-state index contributed by atoms with van der Waals surface area (Å²) in [4.78, 5) is 0. The lowest BCUT2D eigenvalue weighted by atomic mass is 9.78. The molecular weight excluding hydrogens is 416 g/mol. The van der Waals surface area contributed by atoms with E-state index in [0.29, 0.717) is 66.2 Å². The van der Waals surface area contributed by atoms with Crippen molar-refractivity contribution in [2.75, 3.05) is 6.67 Å². The standard InChI is InChI=1S/C27H32F4O/c1-2-4-20-15-22-16-21-13-12-19(24(30)26(21)32-27(22)25(31)23(20)29)11-10-18-8-6-17(7-9-18)5-3-14-28/h12-13,15,17-18H,2-11,14,16H2,1H3. The number of fused-ring (bicyclic) bond motifs is 2. The molecule has 1 fully saturated rings. The van der Waals surface area contributed by atoms with Crippen LogP contribution in [0.15, 0.2) is 18.2 Å². The van der Waals surface area contributed by atoms with Gasteiger partial charge in [0.1, 0.15) is 0 Å². The molecule has 0 bridgehead atoms. The van der Waals surface area contributed by atoms with E-state index in [0.717, 1.165) is 38.5 Å². The Labute approximate surface area is 188 Å². The first-order valence-corrected chi connectivity index (χ1v) is 12.1. The van der Waals surface area contributed by atoms with E-state index in [2.05, 4.69) is 0 Å². The van der Waals surface area contributed by atoms with E-state index < -0.39 is 17.5 Å². The molecule has 0 aromatic heterocycles. The van der Waals surface area contributed by atoms with Crippen molar-refractivity contribution in [3.8, 4) is 11.5 Å². The highest BCUT2D eigenvalue weighted by atomic mass is 19.2. The van der Waals surface area contributed by atoms with Crippen LogP contribution in [0.5, 0.6) is 11.5 Å². The Morgan fingerprint density at radius 1 is 0.812 bits per heavy atom. The molecule has 174 valence electrons. The average molecular weight is 449 g/mol. The van der Waals surface area contributed by atoms with Crippen LogP contribution in [-0.4, -0.2) is 6.67 Å². The molecule has 0 radical (unpaired) electrons. The summed E-state index contributed by atoms with van der Waals surface area (Å²) >= 11 is 0. The van der Waals surface area contributed by atoms with Crippen LogP contribution in [0.4, 0.5) is 17.6 Å². The molecule has 0 unspecified atom stereocenters. The third-order valence-electron chi connectivity index (χ3n) is 7.21. The number of hydrogen-bond acceptors (Lipinski definition) is 1. The zero-order valence-corrected chi connectivity index (χ0v) is 18.8. The number of hydrogen-bond donors (Lipinski definition) is 0. The van der Waals surface area contributed by atoms with E-state index in [1.807, 2.05) is 19.1 Å². The van der Waals surface area contributed by atoms with E-state index >= 15 is 4.39 Å². The number of alkyl halides is 1. The Hall–Kier alpha value is -2.04. The smallest absolute Gasteiger partial charge is 0.201 e. The highest BCUT2D eigenvalue weighted by Crippen LogP contribution is 2.43. The molecule has 2 aromatic carbocycles. The molecule has 2 aliphatic rings. The van der Waals surface area contributed by atoms with Crippen molar-refractivity contribution in [1.82, 2.24) is 0 Å². The minimum Gasteiger partial charge on any atom is -0.450 e. The molecule has 1 nitrogen and oxygen atoms in total. The number of halogens is 4. The summed E-state index contributed by atoms with van der Waals surface area (Å²) in [5.41, 5.74) is 2.14. The van der Waals surface area contributed by atoms with E-state index in [-0.39, 0.29) is 18.2 Å². The quantitative estimate of drug-likeness (QED) is 0.315. The molecular formula is C27H32F4O. The first-order valence-electron chi connectivity index (χ1n) is 12.1. The van der Waals surface area contributed by atoms with Gasteiger partial charge in [0.15, 0.2) is 23.1 Å². The summed E-state index contributed by atoms with van der Waals surface area (Å²) in [5, 5.41) is 0. The predicted octanol–water partition coefficient (Wildman–Crippen LogP) is 8.24. The van der Waals surface area contributed by atoms with Crippen LogP contribution in [0.2, 0.25) is 0 Å². The van der Waals surface area contributed by atoms with Crippen LogP contribution < -0.4 is 4.74 Å². The first-order chi connectivity index (χ1) is 15.5. The van der Waals surface area contributed by atoms with Gasteiger partial charge in [0, 0.05) is 17.5 Å². The van der Waals surface area contributed by atoms with E-state index in [1.54, 1.807) is 6.07 Å². The van der Waals surface area contributed by atoms with Crippen LogP contribution in [0.1, 0.15) is 80.5 Å². The lowest BCUT2D eigenvalue weighted by Gasteiger charge is -2.28. The van der Waals surface area contributed by atoms with Gasteiger partial charge in [0.25, 0.3) is 0 Å². The summed E-state index contributed by atoms with van der Waals surface area (Å²) in [5.74, 6) is -1.34. The number of rotatable bonds is 8. The molecule has 2 aromatic rings. The molecule has 1 aliphatic heterocycles. The molecule has 0 N–H and O–H groups in total. The van der Waals surface area contributed by atoms with Gasteiger partial charge in [0.2, 0.25) is 5.82 Å². The monoisotopic (exact) mass is 448 g/mol. The van der Waals surface area contributed by atoms with E-state index in [4.69, 9.17) is 4.74 Å². The lowest BCUT2D eigenvalue weighted by Crippen LogP contribution is -2.16. The molecule has 5 heteroatoms. The van der Waals surface area contributed by atoms with Crippen molar-refractivity contribution in [3.63, 3.8) is 0 Å². The van der Waals surface area contributed by atoms with Crippen molar-refractivity contribution in [2.45, 2.75) is 77.6 Å². The van der Waals surface area contributed by atoms with E-state index in [1.165, 1.54) is 0 Å². The van der Waals surface area contributed by atoms with Crippen molar-refractivity contribution >= 4 is 0 Å². The number of aryl methyl sites for hydroxylation is 2. The summed E-state index contributed by atoms with van der Waals surface area (Å²) in [7, 11) is 0. The van der Waals surface area contributed by atoms with Crippen LogP contribution in [0.25, 0.3) is 0 Å². The predicted molar refractivity (Wildman–Crippen MR) is 119 cm³/mol. The molecule has 1 heterocycles. The van der Waals surface area contributed by atoms with Crippen molar-refractivity contribution in [1.29, 1.82) is 0 Å². The minimum absolute atomic E-state index is 0.0338. The van der Waals surface area contributed by atoms with Gasteiger partial charge in [0.05, 0.1) is 6.67 Å². The topological polar surface area (TPSA) is 9.23 Å². The Bertz CT molecular complexity index is 947. The molecule has 0 atom stereocenters. The van der Waals surface area contributed by atoms with Gasteiger partial charge < -0.3 is 4.74 Å². The molecule has 1 aliphatic carbocycles. The largest absolute Gasteiger partial charge is 0.450 e. The fraction of sp³-hybridized carbons (Fsp3) is 0.556. The van der Waals surface area contributed by atoms with Crippen LogP contribution in [0.3, 0.4) is 0 Å². The lowest BCUT2D eigenvalue weighted by molar-refractivity contribution is 0.244. The van der Waals surface area contributed by atoms with Crippen molar-refractivity contribution < 1.29 is 22.3 Å². The van der Waals surface area contributed by atoms with Crippen molar-refractivity contribution in [2.24, 2.45) is 11.8 Å². The fourth-order valence-corrected chi connectivity index (χ4v) is 5.33. The first kappa shape index (κ1) is 23.1. The second-order valence-electron chi connectivity index (χ2n) is 9.46. The average Bonchev–Trinajstić information content (AvgIpc) is 2.81. The maximum atomic E-state index is 15.3. The Kier molecular flexibility index (Phi) is 7.42. The highest BCUT2D eigenvalue weighted by Gasteiger charge is 2.28. The van der Waals surface area contributed by atoms with Crippen LogP contribution in [0, 0.1) is 29.3 Å². The highest BCUT2D eigenvalue weighted by molar-refractivity contribution is 5.53. The molecule has 1 saturated carbocycles. The molecule has 0 saturated heterocycles. The van der Waals surface area contributed by atoms with E-state index in [9.17, 15) is 13.2 Å². The second-order valence-corrected chi connectivity index (χ2v) is 9.46. The summed E-state index contributed by atoms with van der Waals surface area (Å²) in [6.07, 6.45) is 9.09. The summed E-state index contributed by atoms with van der Waals surface area (Å²) in [6.45, 7) is 1.68. The molecule has 4 rings (SSSR count). The summed E-state index contributed by atoms with van der Waals surface area (Å²) < 4.78 is 62.3. The number of benzene rings is 2. The number of ether oxygens (including phenoxy) is 1. The van der Waals surface area contributed by atoms with Gasteiger partial charge in [-0.15, -0.1) is 0 Å². The fourth-order valence-electron chi connectivity index (χ4n) is 5.33. The maximum Gasteiger partial charge on any atom is 0.201 e. The minimum atomic E-state index is -1.02. The van der Waals surface area contributed by atoms with Gasteiger partial charge in [-0.1, -0.05) is 51.2 Å². The van der Waals surface area contributed by atoms with Gasteiger partial charge in [-0.25, -0.2) is 8.78 Å². The maximum absolute atomic E-state index is 15.3. The SMILES string of the molecule is CCCc1cc2c(c(F)c1F)Oc1c(ccc(CCC3CCC(CCCF)CC3)c1F)C2. The van der Waals surface area contributed by atoms with Crippen LogP contribution >= 0.6 is 0 Å². The van der Waals surface area contributed by atoms with Crippen molar-refractivity contribution in [3.05, 3.63) is 57.9 Å². The zero-order valence-electron chi connectivity index (χ0n) is 18.8. The third kappa shape index (κ3) is 4.82. The van der Waals surface area contributed by atoms with Crippen LogP contribution in [-0.2, 0) is 19.3 Å². The van der Waals surface area contributed by atoms with Gasteiger partial charge in [-0.2, -0.15) is 4.39 Å². The summed E-state index contributed by atoms with van der Waals surface area (Å²) in [6, 6.07) is 5.31. The van der Waals surface area contributed by atoms with Gasteiger partial charge in [-0.05, 0) is 61.1 Å². The molecule has 0 amide bonds. The molecule has 32 heavy (non-hydrogen) atoms. The third-order valence-corrected chi connectivity index (χ3v) is 7.21. The Balaban J connectivity index is 1.43. The normalized spacial score (nSPS) is 19.9. The molecule has 0 spiro atoms. The second kappa shape index (κ2) is 10.3. The zero-order chi connectivity index (χ0) is 22.7. The Morgan fingerprint density at radius 3 is 2.19 bits per heavy atom. The Morgan fingerprint density at radius 2 is 1.50 bits per heavy atom. The van der Waals surface area contributed by atoms with Gasteiger partial charge >= 0.3 is 0 Å².